The smallest absolute Gasteiger partial charge is 0.224 e. The number of aliphatic hydroxyl groups is 1. The molecule has 0 aromatic carbocycles. The van der Waals surface area contributed by atoms with Gasteiger partial charge in [-0.15, -0.1) is 0 Å². The van der Waals surface area contributed by atoms with E-state index in [4.69, 9.17) is 22.3 Å². The number of hydrogen-bond donors (Lipinski definition) is 5. The maximum absolute atomic E-state index is 8.55. The number of anilines is 4. The van der Waals surface area contributed by atoms with Gasteiger partial charge in [-0.3, -0.25) is 0 Å². The number of nitrogens with two attached hydrogens (primary N) is 3. The molecule has 0 aliphatic heterocycles. The summed E-state index contributed by atoms with van der Waals surface area (Å²) in [4.78, 5) is 7.47. The minimum Gasteiger partial charge on any atom is -0.395 e. The fourth-order valence-electron chi connectivity index (χ4n) is 0.814. The number of nitrogen functional groups attached to an aromatic ring is 3. The second-order valence-electron chi connectivity index (χ2n) is 2.38. The van der Waals surface area contributed by atoms with Crippen molar-refractivity contribution in [2.45, 2.75) is 0 Å². The molecule has 0 amide bonds. The molecule has 0 aliphatic carbocycles. The summed E-state index contributed by atoms with van der Waals surface area (Å²) < 4.78 is 0. The van der Waals surface area contributed by atoms with Gasteiger partial charge in [-0.1, -0.05) is 0 Å². The van der Waals surface area contributed by atoms with E-state index >= 15 is 0 Å². The van der Waals surface area contributed by atoms with Crippen molar-refractivity contribution in [3.05, 3.63) is 0 Å². The molecule has 72 valence electrons. The van der Waals surface area contributed by atoms with E-state index in [-0.39, 0.29) is 24.1 Å². The summed E-state index contributed by atoms with van der Waals surface area (Å²) in [7, 11) is 0. The standard InChI is InChI=1S/C6H12N6O/c7-3-4(8)11-6(9)12-5(3)10-1-2-13/h13H,1-2,7H2,(H5,8,9,10,11,12). The second kappa shape index (κ2) is 3.76. The Balaban J connectivity index is 2.92. The van der Waals surface area contributed by atoms with E-state index in [0.29, 0.717) is 12.4 Å². The molecule has 0 aliphatic rings. The van der Waals surface area contributed by atoms with E-state index in [1.807, 2.05) is 0 Å². The van der Waals surface area contributed by atoms with Gasteiger partial charge in [0.2, 0.25) is 5.95 Å². The molecular formula is C6H12N6O. The largest absolute Gasteiger partial charge is 0.395 e. The molecule has 1 rings (SSSR count). The minimum atomic E-state index is -0.0246. The normalized spacial score (nSPS) is 9.92. The summed E-state index contributed by atoms with van der Waals surface area (Å²) in [5, 5.41) is 11.3. The Morgan fingerprint density at radius 1 is 1.23 bits per heavy atom. The van der Waals surface area contributed by atoms with Crippen molar-refractivity contribution in [3.8, 4) is 0 Å². The Kier molecular flexibility index (Phi) is 2.70. The maximum atomic E-state index is 8.55. The maximum Gasteiger partial charge on any atom is 0.224 e. The van der Waals surface area contributed by atoms with Crippen LogP contribution in [0.1, 0.15) is 0 Å². The highest BCUT2D eigenvalue weighted by Crippen LogP contribution is 2.21. The van der Waals surface area contributed by atoms with Crippen LogP contribution in [0.5, 0.6) is 0 Å². The first-order chi connectivity index (χ1) is 6.15. The predicted molar refractivity (Wildman–Crippen MR) is 50.8 cm³/mol. The summed E-state index contributed by atoms with van der Waals surface area (Å²) in [6.45, 7) is 0.309. The highest BCUT2D eigenvalue weighted by atomic mass is 16.3. The molecule has 1 aromatic rings. The van der Waals surface area contributed by atoms with E-state index in [0.717, 1.165) is 0 Å². The van der Waals surface area contributed by atoms with Gasteiger partial charge in [0, 0.05) is 6.54 Å². The van der Waals surface area contributed by atoms with Crippen LogP contribution in [0, 0.1) is 0 Å². The van der Waals surface area contributed by atoms with Crippen molar-refractivity contribution < 1.29 is 5.11 Å². The molecule has 0 saturated heterocycles. The van der Waals surface area contributed by atoms with Crippen LogP contribution in [0.2, 0.25) is 0 Å². The molecule has 0 atom stereocenters. The fourth-order valence-corrected chi connectivity index (χ4v) is 0.814. The Morgan fingerprint density at radius 3 is 2.54 bits per heavy atom. The monoisotopic (exact) mass is 184 g/mol. The highest BCUT2D eigenvalue weighted by Gasteiger charge is 2.06. The van der Waals surface area contributed by atoms with Gasteiger partial charge in [0.05, 0.1) is 6.61 Å². The third-order valence-electron chi connectivity index (χ3n) is 1.40. The average Bonchev–Trinajstić information content (AvgIpc) is 2.09. The van der Waals surface area contributed by atoms with Gasteiger partial charge in [0.15, 0.2) is 11.6 Å². The highest BCUT2D eigenvalue weighted by molar-refractivity contribution is 5.73. The summed E-state index contributed by atoms with van der Waals surface area (Å²) in [5.41, 5.74) is 16.6. The Labute approximate surface area is 75.0 Å². The lowest BCUT2D eigenvalue weighted by Gasteiger charge is -2.08. The van der Waals surface area contributed by atoms with Crippen LogP contribution in [0.25, 0.3) is 0 Å². The first-order valence-corrected chi connectivity index (χ1v) is 3.68. The van der Waals surface area contributed by atoms with E-state index in [1.54, 1.807) is 0 Å². The Morgan fingerprint density at radius 2 is 1.92 bits per heavy atom. The zero-order valence-electron chi connectivity index (χ0n) is 6.99. The van der Waals surface area contributed by atoms with Crippen LogP contribution < -0.4 is 22.5 Å². The summed E-state index contributed by atoms with van der Waals surface area (Å²) in [6.07, 6.45) is 0. The third-order valence-corrected chi connectivity index (χ3v) is 1.40. The van der Waals surface area contributed by atoms with Gasteiger partial charge in [-0.05, 0) is 0 Å². The quantitative estimate of drug-likeness (QED) is 0.390. The van der Waals surface area contributed by atoms with Gasteiger partial charge >= 0.3 is 0 Å². The first kappa shape index (κ1) is 9.33. The van der Waals surface area contributed by atoms with E-state index in [2.05, 4.69) is 15.3 Å². The van der Waals surface area contributed by atoms with Crippen molar-refractivity contribution in [3.63, 3.8) is 0 Å². The van der Waals surface area contributed by atoms with Crippen LogP contribution >= 0.6 is 0 Å². The predicted octanol–water partition coefficient (Wildman–Crippen LogP) is -1.37. The molecule has 13 heavy (non-hydrogen) atoms. The van der Waals surface area contributed by atoms with Crippen LogP contribution in [-0.2, 0) is 0 Å². The van der Waals surface area contributed by atoms with Crippen molar-refractivity contribution in [2.75, 3.05) is 35.7 Å². The van der Waals surface area contributed by atoms with Crippen LogP contribution in [0.3, 0.4) is 0 Å². The second-order valence-corrected chi connectivity index (χ2v) is 2.38. The first-order valence-electron chi connectivity index (χ1n) is 3.68. The van der Waals surface area contributed by atoms with Gasteiger partial charge in [0.25, 0.3) is 0 Å². The van der Waals surface area contributed by atoms with E-state index in [1.165, 1.54) is 0 Å². The van der Waals surface area contributed by atoms with Gasteiger partial charge in [-0.25, -0.2) is 0 Å². The number of nitrogens with one attached hydrogen (secondary N) is 1. The van der Waals surface area contributed by atoms with Gasteiger partial charge < -0.3 is 27.6 Å². The van der Waals surface area contributed by atoms with Crippen LogP contribution in [0.4, 0.5) is 23.3 Å². The molecule has 0 spiro atoms. The van der Waals surface area contributed by atoms with Crippen LogP contribution in [-0.4, -0.2) is 28.2 Å². The van der Waals surface area contributed by atoms with Crippen LogP contribution in [0.15, 0.2) is 0 Å². The van der Waals surface area contributed by atoms with Crippen molar-refractivity contribution >= 4 is 23.3 Å². The SMILES string of the molecule is Nc1nc(N)c(N)c(NCCO)n1. The molecule has 7 nitrogen and oxygen atoms in total. The minimum absolute atomic E-state index is 0.0246. The van der Waals surface area contributed by atoms with Gasteiger partial charge in [0.1, 0.15) is 5.69 Å². The lowest BCUT2D eigenvalue weighted by Crippen LogP contribution is -2.13. The molecule has 0 radical (unpaired) electrons. The molecular weight excluding hydrogens is 172 g/mol. The molecule has 0 fully saturated rings. The van der Waals surface area contributed by atoms with Crippen molar-refractivity contribution in [2.24, 2.45) is 0 Å². The van der Waals surface area contributed by atoms with Gasteiger partial charge in [-0.2, -0.15) is 9.97 Å². The molecule has 0 unspecified atom stereocenters. The number of hydrogen-bond acceptors (Lipinski definition) is 7. The molecule has 1 aromatic heterocycles. The molecule has 0 bridgehead atoms. The third kappa shape index (κ3) is 2.09. The molecule has 8 N–H and O–H groups in total. The number of nitrogens with zero attached hydrogens (tertiary/aromatic N) is 2. The number of aromatic nitrogens is 2. The number of aliphatic hydroxyl groups excluding tert-OH is 1. The van der Waals surface area contributed by atoms with Crippen molar-refractivity contribution in [1.82, 2.24) is 9.97 Å². The molecule has 0 saturated carbocycles. The zero-order valence-corrected chi connectivity index (χ0v) is 6.99. The fraction of sp³-hybridized carbons (Fsp3) is 0.333. The molecule has 7 heteroatoms. The van der Waals surface area contributed by atoms with E-state index < -0.39 is 0 Å². The lowest BCUT2D eigenvalue weighted by atomic mass is 10.4. The summed E-state index contributed by atoms with van der Waals surface area (Å²) >= 11 is 0. The number of rotatable bonds is 3. The molecule has 1 heterocycles. The Bertz CT molecular complexity index is 301. The van der Waals surface area contributed by atoms with E-state index in [9.17, 15) is 0 Å². The van der Waals surface area contributed by atoms with Crippen molar-refractivity contribution in [1.29, 1.82) is 0 Å². The average molecular weight is 184 g/mol. The lowest BCUT2D eigenvalue weighted by molar-refractivity contribution is 0.311. The summed E-state index contributed by atoms with van der Waals surface area (Å²) in [5.74, 6) is 0.527. The summed E-state index contributed by atoms with van der Waals surface area (Å²) in [6, 6.07) is 0. The topological polar surface area (TPSA) is 136 Å². The Hall–Kier alpha value is -1.76. The zero-order chi connectivity index (χ0) is 9.84.